The number of aryl methyl sites for hydroxylation is 3. The number of nitrogens with zero attached hydrogens (tertiary/aromatic N) is 4. The fourth-order valence-corrected chi connectivity index (χ4v) is 13.7. The van der Waals surface area contributed by atoms with E-state index in [0.717, 1.165) is 97.9 Å². The van der Waals surface area contributed by atoms with Crippen molar-refractivity contribution in [2.24, 2.45) is 13.0 Å². The number of unbranched alkanes of at least 4 members (excludes halogenated alkanes) is 1. The first-order valence-corrected chi connectivity index (χ1v) is 31.2. The van der Waals surface area contributed by atoms with E-state index in [1.807, 2.05) is 113 Å². The van der Waals surface area contributed by atoms with Crippen molar-refractivity contribution in [1.29, 1.82) is 0 Å². The minimum absolute atomic E-state index is 0.0507. The normalized spacial score (nSPS) is 12.1. The van der Waals surface area contributed by atoms with E-state index < -0.39 is 0 Å². The van der Waals surface area contributed by atoms with Crippen LogP contribution in [-0.2, 0) is 20.2 Å². The highest BCUT2D eigenvalue weighted by Crippen LogP contribution is 2.47. The molecule has 0 saturated carbocycles. The zero-order valence-corrected chi connectivity index (χ0v) is 51.0. The number of rotatable bonds is 17. The van der Waals surface area contributed by atoms with Crippen LogP contribution in [0.15, 0.2) is 240 Å². The fraction of sp³-hybridized carbons (Fsp3) is 0.150. The van der Waals surface area contributed by atoms with Gasteiger partial charge >= 0.3 is 0 Å². The molecule has 1 atom stereocenters. The van der Waals surface area contributed by atoms with Gasteiger partial charge < -0.3 is 37.2 Å². The van der Waals surface area contributed by atoms with Gasteiger partial charge in [0, 0.05) is 67.8 Å². The summed E-state index contributed by atoms with van der Waals surface area (Å²) in [7, 11) is 1.94. The van der Waals surface area contributed by atoms with Gasteiger partial charge in [-0.3, -0.25) is 9.59 Å². The standard InChI is InChI=1S/C80H66N4O6/c1-6-8-26-52(7-2)43-53-44-56(46-75(80(53)88-54-27-10-9-11-28-54)87-49-82-66-36-19-17-34-62(66)77(86)64-47-72-63(48-73(64)82)76(85)61-33-16-18-35-65(61)81(72)5)90-79-51(4)42-55(45-74(79)84-69-39-22-14-31-59(69)60-32-15-23-40-70(60)84)89-78-50(3)25-24-41-71(78)83-67-37-20-12-29-57(67)58-30-13-21-38-68(58)83/h9-25,27-42,44-48,52H,6-8,26,43,49H2,1-5H3. The average Bonchev–Trinajstić information content (AvgIpc) is 1.77. The number of ether oxygens (including phenoxy) is 4. The number of fused-ring (bicyclic) bond motifs is 10. The monoisotopic (exact) mass is 1180 g/mol. The SMILES string of the molecule is CCCCC(CC)Cc1cc(Oc2c(C)cc(Oc3c(C)cccc3-n3c4ccccc4c4ccccc43)cc2-n2c3ccccc3c3ccccc32)cc(OCn2c3ccccc3c(=O)c3cc4c(cc32)c(=O)c2ccccc2n4C)c1Oc1ccccc1. The summed E-state index contributed by atoms with van der Waals surface area (Å²) in [4.78, 5) is 29.2. The summed E-state index contributed by atoms with van der Waals surface area (Å²) in [5.74, 6) is 4.57. The molecule has 1 unspecified atom stereocenters. The van der Waals surface area contributed by atoms with Gasteiger partial charge in [-0.05, 0) is 128 Å². The first-order chi connectivity index (χ1) is 44.1. The summed E-state index contributed by atoms with van der Waals surface area (Å²) >= 11 is 0. The molecule has 0 aliphatic heterocycles. The summed E-state index contributed by atoms with van der Waals surface area (Å²) in [5.41, 5.74) is 11.1. The Morgan fingerprint density at radius 2 is 0.889 bits per heavy atom. The Labute approximate surface area is 520 Å². The molecule has 10 nitrogen and oxygen atoms in total. The molecule has 15 aromatic rings. The number of benzene rings is 11. The third-order valence-corrected chi connectivity index (χ3v) is 18.2. The van der Waals surface area contributed by atoms with Gasteiger partial charge in [-0.25, -0.2) is 0 Å². The fourth-order valence-electron chi connectivity index (χ4n) is 13.7. The largest absolute Gasteiger partial charge is 0.469 e. The molecule has 11 aromatic carbocycles. The van der Waals surface area contributed by atoms with Crippen molar-refractivity contribution in [2.75, 3.05) is 0 Å². The van der Waals surface area contributed by atoms with Crippen LogP contribution in [-0.4, -0.2) is 18.3 Å². The third-order valence-electron chi connectivity index (χ3n) is 18.2. The molecule has 442 valence electrons. The molecule has 0 aliphatic rings. The summed E-state index contributed by atoms with van der Waals surface area (Å²) in [6.45, 7) is 8.64. The molecule has 90 heavy (non-hydrogen) atoms. The van der Waals surface area contributed by atoms with E-state index in [2.05, 4.69) is 170 Å². The van der Waals surface area contributed by atoms with Crippen molar-refractivity contribution in [1.82, 2.24) is 18.3 Å². The molecule has 4 aromatic heterocycles. The van der Waals surface area contributed by atoms with Gasteiger partial charge in [-0.1, -0.05) is 167 Å². The zero-order chi connectivity index (χ0) is 61.1. The van der Waals surface area contributed by atoms with Crippen LogP contribution in [0.3, 0.4) is 0 Å². The van der Waals surface area contributed by atoms with E-state index in [1.165, 1.54) is 10.8 Å². The van der Waals surface area contributed by atoms with Crippen LogP contribution in [0, 0.1) is 19.8 Å². The first kappa shape index (κ1) is 55.7. The van der Waals surface area contributed by atoms with Gasteiger partial charge in [-0.2, -0.15) is 0 Å². The predicted molar refractivity (Wildman–Crippen MR) is 368 cm³/mol. The number of para-hydroxylation sites is 8. The van der Waals surface area contributed by atoms with Crippen LogP contribution in [0.25, 0.3) is 98.6 Å². The lowest BCUT2D eigenvalue weighted by Crippen LogP contribution is -2.16. The molecule has 0 amide bonds. The smallest absolute Gasteiger partial charge is 0.197 e. The summed E-state index contributed by atoms with van der Waals surface area (Å²) in [5, 5.41) is 6.67. The van der Waals surface area contributed by atoms with Crippen molar-refractivity contribution in [3.63, 3.8) is 0 Å². The van der Waals surface area contributed by atoms with Gasteiger partial charge in [0.15, 0.2) is 40.6 Å². The van der Waals surface area contributed by atoms with Crippen LogP contribution in [0.2, 0.25) is 0 Å². The lowest BCUT2D eigenvalue weighted by atomic mass is 9.91. The maximum Gasteiger partial charge on any atom is 0.197 e. The molecular formula is C80H66N4O6. The number of hydrogen-bond donors (Lipinski definition) is 0. The lowest BCUT2D eigenvalue weighted by molar-refractivity contribution is 0.235. The Morgan fingerprint density at radius 3 is 1.49 bits per heavy atom. The predicted octanol–water partition coefficient (Wildman–Crippen LogP) is 20.1. The number of aromatic nitrogens is 4. The van der Waals surface area contributed by atoms with Crippen molar-refractivity contribution in [3.05, 3.63) is 268 Å². The van der Waals surface area contributed by atoms with Crippen LogP contribution >= 0.6 is 0 Å². The molecule has 0 bridgehead atoms. The molecule has 0 aliphatic carbocycles. The Morgan fingerprint density at radius 1 is 0.400 bits per heavy atom. The zero-order valence-electron chi connectivity index (χ0n) is 51.0. The lowest BCUT2D eigenvalue weighted by Gasteiger charge is -2.24. The third kappa shape index (κ3) is 9.58. The highest BCUT2D eigenvalue weighted by molar-refractivity contribution is 6.11. The van der Waals surface area contributed by atoms with Gasteiger partial charge in [0.1, 0.15) is 17.2 Å². The second-order valence-electron chi connectivity index (χ2n) is 23.7. The topological polar surface area (TPSA) is 90.8 Å². The van der Waals surface area contributed by atoms with Crippen molar-refractivity contribution < 1.29 is 18.9 Å². The second-order valence-corrected chi connectivity index (χ2v) is 23.7. The maximum atomic E-state index is 14.7. The second kappa shape index (κ2) is 23.0. The molecule has 15 rings (SSSR count). The van der Waals surface area contributed by atoms with Gasteiger partial charge in [-0.15, -0.1) is 0 Å². The van der Waals surface area contributed by atoms with Crippen LogP contribution < -0.4 is 29.8 Å². The van der Waals surface area contributed by atoms with Crippen molar-refractivity contribution >= 4 is 87.2 Å². The van der Waals surface area contributed by atoms with Gasteiger partial charge in [0.2, 0.25) is 0 Å². The molecule has 0 saturated heterocycles. The van der Waals surface area contributed by atoms with Crippen LogP contribution in [0.5, 0.6) is 40.2 Å². The molecule has 0 fully saturated rings. The van der Waals surface area contributed by atoms with E-state index in [4.69, 9.17) is 18.9 Å². The minimum atomic E-state index is -0.129. The highest BCUT2D eigenvalue weighted by atomic mass is 16.5. The quantitative estimate of drug-likeness (QED) is 0.0844. The van der Waals surface area contributed by atoms with Crippen LogP contribution in [0.4, 0.5) is 0 Å². The van der Waals surface area contributed by atoms with E-state index in [-0.39, 0.29) is 17.6 Å². The summed E-state index contributed by atoms with van der Waals surface area (Å²) in [6.07, 6.45) is 4.86. The number of pyridine rings is 2. The van der Waals surface area contributed by atoms with E-state index >= 15 is 0 Å². The summed E-state index contributed by atoms with van der Waals surface area (Å²) in [6, 6.07) is 77.5. The summed E-state index contributed by atoms with van der Waals surface area (Å²) < 4.78 is 37.9. The minimum Gasteiger partial charge on any atom is -0.469 e. The van der Waals surface area contributed by atoms with Gasteiger partial charge in [0.05, 0.1) is 55.5 Å². The highest BCUT2D eigenvalue weighted by Gasteiger charge is 2.26. The Kier molecular flexibility index (Phi) is 14.3. The molecular weight excluding hydrogens is 1110 g/mol. The van der Waals surface area contributed by atoms with E-state index in [0.29, 0.717) is 84.9 Å². The average molecular weight is 1180 g/mol. The molecule has 10 heteroatoms. The number of hydrogen-bond acceptors (Lipinski definition) is 6. The molecule has 0 N–H and O–H groups in total. The van der Waals surface area contributed by atoms with Gasteiger partial charge in [0.25, 0.3) is 0 Å². The Balaban J connectivity index is 0.923. The van der Waals surface area contributed by atoms with Crippen LogP contribution in [0.1, 0.15) is 56.2 Å². The molecule has 4 heterocycles. The van der Waals surface area contributed by atoms with E-state index in [9.17, 15) is 9.59 Å². The Bertz CT molecular complexity index is 5350. The maximum absolute atomic E-state index is 14.7. The van der Waals surface area contributed by atoms with E-state index in [1.54, 1.807) is 0 Å². The first-order valence-electron chi connectivity index (χ1n) is 31.2. The molecule has 0 spiro atoms. The van der Waals surface area contributed by atoms with Crippen molar-refractivity contribution in [3.8, 4) is 51.6 Å². The molecule has 0 radical (unpaired) electrons. The Hall–Kier alpha value is -10.8. The van der Waals surface area contributed by atoms with Crippen molar-refractivity contribution in [2.45, 2.75) is 66.5 Å².